The van der Waals surface area contributed by atoms with Gasteiger partial charge in [0.1, 0.15) is 0 Å². The zero-order chi connectivity index (χ0) is 14.1. The summed E-state index contributed by atoms with van der Waals surface area (Å²) < 4.78 is 5.25. The predicted octanol–water partition coefficient (Wildman–Crippen LogP) is 3.05. The summed E-state index contributed by atoms with van der Waals surface area (Å²) in [7, 11) is 0. The fourth-order valence-electron chi connectivity index (χ4n) is 1.88. The number of nitrogens with zero attached hydrogens (tertiary/aromatic N) is 5. The Balaban J connectivity index is 1.67. The van der Waals surface area contributed by atoms with Crippen LogP contribution in [0.4, 0.5) is 0 Å². The Kier molecular flexibility index (Phi) is 2.82. The minimum absolute atomic E-state index is 0.362. The zero-order valence-electron chi connectivity index (χ0n) is 10.7. The maximum atomic E-state index is 5.25. The molecule has 0 saturated carbocycles. The van der Waals surface area contributed by atoms with E-state index in [-0.39, 0.29) is 0 Å². The van der Waals surface area contributed by atoms with Gasteiger partial charge in [-0.05, 0) is 23.6 Å². The molecule has 6 nitrogen and oxygen atoms in total. The van der Waals surface area contributed by atoms with Gasteiger partial charge in [-0.1, -0.05) is 29.4 Å². The molecule has 0 radical (unpaired) electrons. The second-order valence-corrected chi connectivity index (χ2v) is 5.20. The maximum absolute atomic E-state index is 5.25. The molecule has 0 unspecified atom stereocenters. The van der Waals surface area contributed by atoms with Gasteiger partial charge in [0.15, 0.2) is 5.69 Å². The third kappa shape index (κ3) is 2.23. The molecule has 3 heterocycles. The molecule has 4 aromatic rings. The van der Waals surface area contributed by atoms with Gasteiger partial charge in [0, 0.05) is 0 Å². The first kappa shape index (κ1) is 12.0. The maximum Gasteiger partial charge on any atom is 0.280 e. The van der Waals surface area contributed by atoms with Gasteiger partial charge in [0.25, 0.3) is 5.89 Å². The molecule has 0 atom stereocenters. The Morgan fingerprint density at radius 2 is 1.95 bits per heavy atom. The molecule has 0 fully saturated rings. The van der Waals surface area contributed by atoms with E-state index < -0.39 is 0 Å². The number of hydrogen-bond donors (Lipinski definition) is 0. The normalized spacial score (nSPS) is 10.9. The SMILES string of the molecule is c1ccc(-n2ncc(-c3nc(-c4cccs4)no3)n2)cc1. The van der Waals surface area contributed by atoms with Crippen molar-refractivity contribution in [2.24, 2.45) is 0 Å². The molecule has 21 heavy (non-hydrogen) atoms. The number of aromatic nitrogens is 5. The van der Waals surface area contributed by atoms with E-state index in [0.717, 1.165) is 10.6 Å². The lowest BCUT2D eigenvalue weighted by Gasteiger charge is -1.96. The second-order valence-electron chi connectivity index (χ2n) is 4.26. The lowest BCUT2D eigenvalue weighted by molar-refractivity contribution is 0.431. The first-order valence-corrected chi connectivity index (χ1v) is 7.14. The van der Waals surface area contributed by atoms with Gasteiger partial charge in [-0.2, -0.15) is 14.9 Å². The van der Waals surface area contributed by atoms with Crippen molar-refractivity contribution in [2.45, 2.75) is 0 Å². The van der Waals surface area contributed by atoms with E-state index in [1.165, 1.54) is 4.80 Å². The molecule has 0 spiro atoms. The lowest BCUT2D eigenvalue weighted by atomic mass is 10.3. The minimum Gasteiger partial charge on any atom is -0.332 e. The predicted molar refractivity (Wildman–Crippen MR) is 78.0 cm³/mol. The number of para-hydroxylation sites is 1. The molecule has 0 bridgehead atoms. The largest absolute Gasteiger partial charge is 0.332 e. The molecule has 0 amide bonds. The molecule has 0 N–H and O–H groups in total. The molecule has 7 heteroatoms. The van der Waals surface area contributed by atoms with Crippen LogP contribution in [0.1, 0.15) is 0 Å². The fourth-order valence-corrected chi connectivity index (χ4v) is 2.53. The van der Waals surface area contributed by atoms with Gasteiger partial charge in [-0.3, -0.25) is 0 Å². The fraction of sp³-hybridized carbons (Fsp3) is 0. The van der Waals surface area contributed by atoms with Crippen LogP contribution in [-0.2, 0) is 0 Å². The van der Waals surface area contributed by atoms with Crippen LogP contribution in [0.15, 0.2) is 58.6 Å². The van der Waals surface area contributed by atoms with Crippen molar-refractivity contribution in [3.63, 3.8) is 0 Å². The van der Waals surface area contributed by atoms with Gasteiger partial charge < -0.3 is 4.52 Å². The molecule has 0 aliphatic rings. The molecule has 4 rings (SSSR count). The minimum atomic E-state index is 0.362. The van der Waals surface area contributed by atoms with Crippen molar-refractivity contribution in [1.82, 2.24) is 25.1 Å². The average molecular weight is 295 g/mol. The van der Waals surface area contributed by atoms with Gasteiger partial charge in [0.05, 0.1) is 16.8 Å². The summed E-state index contributed by atoms with van der Waals surface area (Å²) in [6.07, 6.45) is 1.61. The molecule has 3 aromatic heterocycles. The second kappa shape index (κ2) is 4.95. The highest BCUT2D eigenvalue weighted by Crippen LogP contribution is 2.24. The van der Waals surface area contributed by atoms with Gasteiger partial charge in [0.2, 0.25) is 5.82 Å². The Hall–Kier alpha value is -2.80. The van der Waals surface area contributed by atoms with Crippen LogP contribution >= 0.6 is 11.3 Å². The molecular formula is C14H9N5OS. The van der Waals surface area contributed by atoms with Crippen LogP contribution in [0.25, 0.3) is 28.0 Å². The van der Waals surface area contributed by atoms with Crippen LogP contribution in [0.3, 0.4) is 0 Å². The summed E-state index contributed by atoms with van der Waals surface area (Å²) in [6, 6.07) is 13.5. The van der Waals surface area contributed by atoms with E-state index in [0.29, 0.717) is 17.4 Å². The summed E-state index contributed by atoms with van der Waals surface area (Å²) in [6.45, 7) is 0. The van der Waals surface area contributed by atoms with Crippen molar-refractivity contribution in [3.05, 3.63) is 54.0 Å². The topological polar surface area (TPSA) is 69.6 Å². The Bertz CT molecular complexity index is 851. The van der Waals surface area contributed by atoms with Gasteiger partial charge in [-0.15, -0.1) is 16.4 Å². The summed E-state index contributed by atoms with van der Waals surface area (Å²) in [4.78, 5) is 6.84. The van der Waals surface area contributed by atoms with Crippen LogP contribution in [0.2, 0.25) is 0 Å². The van der Waals surface area contributed by atoms with Crippen molar-refractivity contribution in [3.8, 4) is 28.0 Å². The number of rotatable bonds is 3. The highest BCUT2D eigenvalue weighted by Gasteiger charge is 2.14. The molecule has 0 saturated heterocycles. The summed E-state index contributed by atoms with van der Waals surface area (Å²) >= 11 is 1.56. The van der Waals surface area contributed by atoms with E-state index in [1.807, 2.05) is 47.8 Å². The van der Waals surface area contributed by atoms with Crippen LogP contribution in [0.5, 0.6) is 0 Å². The molecule has 1 aromatic carbocycles. The molecule has 0 aliphatic carbocycles. The van der Waals surface area contributed by atoms with E-state index in [1.54, 1.807) is 17.5 Å². The van der Waals surface area contributed by atoms with Gasteiger partial charge in [-0.25, -0.2) is 0 Å². The first-order valence-electron chi connectivity index (χ1n) is 6.26. The third-order valence-corrected chi connectivity index (χ3v) is 3.73. The molecule has 0 aliphatic heterocycles. The highest BCUT2D eigenvalue weighted by atomic mass is 32.1. The summed E-state index contributed by atoms with van der Waals surface area (Å²) in [5.74, 6) is 0.926. The van der Waals surface area contributed by atoms with Crippen molar-refractivity contribution in [2.75, 3.05) is 0 Å². The summed E-state index contributed by atoms with van der Waals surface area (Å²) in [5, 5.41) is 14.5. The number of hydrogen-bond acceptors (Lipinski definition) is 6. The van der Waals surface area contributed by atoms with Crippen molar-refractivity contribution in [1.29, 1.82) is 0 Å². The van der Waals surface area contributed by atoms with E-state index in [4.69, 9.17) is 4.52 Å². The molecule has 102 valence electrons. The van der Waals surface area contributed by atoms with Crippen molar-refractivity contribution < 1.29 is 4.52 Å². The first-order chi connectivity index (χ1) is 10.4. The molecular weight excluding hydrogens is 286 g/mol. The van der Waals surface area contributed by atoms with E-state index in [9.17, 15) is 0 Å². The average Bonchev–Trinajstić information content (AvgIpc) is 3.27. The quantitative estimate of drug-likeness (QED) is 0.581. The van der Waals surface area contributed by atoms with Crippen LogP contribution in [-0.4, -0.2) is 25.1 Å². The third-order valence-electron chi connectivity index (χ3n) is 2.87. The Morgan fingerprint density at radius 1 is 1.05 bits per heavy atom. The number of benzene rings is 1. The zero-order valence-corrected chi connectivity index (χ0v) is 11.6. The number of thiophene rings is 1. The van der Waals surface area contributed by atoms with Crippen molar-refractivity contribution >= 4 is 11.3 Å². The van der Waals surface area contributed by atoms with Crippen LogP contribution in [0, 0.1) is 0 Å². The standard InChI is InChI=1S/C14H9N5OS/c1-2-5-10(6-3-1)19-15-9-11(17-19)14-16-13(18-20-14)12-7-4-8-21-12/h1-9H. The smallest absolute Gasteiger partial charge is 0.280 e. The summed E-state index contributed by atoms with van der Waals surface area (Å²) in [5.41, 5.74) is 1.43. The highest BCUT2D eigenvalue weighted by molar-refractivity contribution is 7.13. The Morgan fingerprint density at radius 3 is 2.76 bits per heavy atom. The van der Waals surface area contributed by atoms with Crippen LogP contribution < -0.4 is 0 Å². The lowest BCUT2D eigenvalue weighted by Crippen LogP contribution is -1.97. The van der Waals surface area contributed by atoms with E-state index >= 15 is 0 Å². The Labute approximate surface area is 123 Å². The van der Waals surface area contributed by atoms with Gasteiger partial charge >= 0.3 is 0 Å². The monoisotopic (exact) mass is 295 g/mol. The van der Waals surface area contributed by atoms with E-state index in [2.05, 4.69) is 20.3 Å².